The first kappa shape index (κ1) is 36.1. The van der Waals surface area contributed by atoms with E-state index in [1.807, 2.05) is 12.1 Å². The zero-order valence-corrected chi connectivity index (χ0v) is 33.0. The molecule has 1 saturated carbocycles. The Hall–Kier alpha value is -3.31. The number of nitrogens with one attached hydrogen (secondary N) is 2. The molecule has 2 N–H and O–H groups in total. The number of aromatic nitrogens is 4. The predicted molar refractivity (Wildman–Crippen MR) is 212 cm³/mol. The maximum Gasteiger partial charge on any atom is 0.229 e. The van der Waals surface area contributed by atoms with Gasteiger partial charge in [-0.25, -0.2) is 4.98 Å². The van der Waals surface area contributed by atoms with Crippen molar-refractivity contribution in [2.75, 3.05) is 81.8 Å². The van der Waals surface area contributed by atoms with Gasteiger partial charge >= 0.3 is 0 Å². The van der Waals surface area contributed by atoms with E-state index in [0.29, 0.717) is 44.3 Å². The summed E-state index contributed by atoms with van der Waals surface area (Å²) >= 11 is 3.60. The molecule has 2 aromatic heterocycles. The van der Waals surface area contributed by atoms with Crippen molar-refractivity contribution < 1.29 is 9.30 Å². The third-order valence-electron chi connectivity index (χ3n) is 10.9. The molecule has 3 aliphatic rings. The first-order chi connectivity index (χ1) is 24.6. The lowest BCUT2D eigenvalue weighted by Crippen LogP contribution is -2.54. The molecule has 4 heterocycles. The van der Waals surface area contributed by atoms with Crippen LogP contribution in [0.1, 0.15) is 45.1 Å². The number of aryl methyl sites for hydroxylation is 1. The topological polar surface area (TPSA) is 112 Å². The lowest BCUT2D eigenvalue weighted by atomic mass is 9.76. The van der Waals surface area contributed by atoms with Crippen molar-refractivity contribution in [1.82, 2.24) is 29.7 Å². The second-order valence-corrected chi connectivity index (χ2v) is 18.9. The average molecular weight is 777 g/mol. The summed E-state index contributed by atoms with van der Waals surface area (Å²) in [6.07, 6.45) is 11.1. The van der Waals surface area contributed by atoms with Gasteiger partial charge in [0.15, 0.2) is 0 Å². The Kier molecular flexibility index (Phi) is 10.9. The van der Waals surface area contributed by atoms with E-state index in [0.717, 1.165) is 42.8 Å². The molecule has 3 fully saturated rings. The monoisotopic (exact) mass is 775 g/mol. The summed E-state index contributed by atoms with van der Waals surface area (Å²) in [5.41, 5.74) is 5.29. The van der Waals surface area contributed by atoms with Crippen LogP contribution in [0.5, 0.6) is 5.75 Å². The quantitative estimate of drug-likeness (QED) is 0.152. The third kappa shape index (κ3) is 8.04. The molecule has 1 aliphatic carbocycles. The van der Waals surface area contributed by atoms with Crippen molar-refractivity contribution in [1.29, 1.82) is 0 Å². The summed E-state index contributed by atoms with van der Waals surface area (Å²) in [7, 11) is -1.03. The van der Waals surface area contributed by atoms with Crippen LogP contribution in [0, 0.1) is 11.8 Å². The Balaban J connectivity index is 1.03. The van der Waals surface area contributed by atoms with Crippen molar-refractivity contribution in [2.24, 2.45) is 11.8 Å². The Morgan fingerprint density at radius 1 is 0.961 bits per heavy atom. The Bertz CT molecular complexity index is 1900. The normalized spacial score (nSPS) is 20.7. The Morgan fingerprint density at radius 2 is 1.71 bits per heavy atom. The van der Waals surface area contributed by atoms with Crippen LogP contribution < -0.4 is 25.6 Å². The molecule has 4 aromatic rings. The number of hydrogen-bond acceptors (Lipinski definition) is 11. The van der Waals surface area contributed by atoms with Crippen molar-refractivity contribution >= 4 is 68.2 Å². The average Bonchev–Trinajstić information content (AvgIpc) is 3.12. The second-order valence-electron chi connectivity index (χ2n) is 14.9. The molecule has 0 amide bonds. The molecule has 2 aliphatic heterocycles. The lowest BCUT2D eigenvalue weighted by Gasteiger charge is -2.45. The van der Waals surface area contributed by atoms with Gasteiger partial charge in [-0.2, -0.15) is 4.98 Å². The molecule has 2 aromatic carbocycles. The number of ether oxygens (including phenoxy) is 1. The van der Waals surface area contributed by atoms with E-state index in [9.17, 15) is 4.57 Å². The van der Waals surface area contributed by atoms with E-state index in [1.54, 1.807) is 39.0 Å². The fraction of sp³-hybridized carbons (Fsp3) is 0.526. The van der Waals surface area contributed by atoms with Crippen molar-refractivity contribution in [3.8, 4) is 5.75 Å². The molecule has 0 spiro atoms. The molecule has 11 nitrogen and oxygen atoms in total. The first-order valence-corrected chi connectivity index (χ1v) is 21.8. The summed E-state index contributed by atoms with van der Waals surface area (Å²) in [5, 5.41) is 7.44. The van der Waals surface area contributed by atoms with Crippen LogP contribution in [0.2, 0.25) is 0 Å². The summed E-state index contributed by atoms with van der Waals surface area (Å²) < 4.78 is 20.1. The molecule has 272 valence electrons. The van der Waals surface area contributed by atoms with Crippen LogP contribution in [0.4, 0.5) is 28.8 Å². The third-order valence-corrected chi connectivity index (χ3v) is 13.0. The van der Waals surface area contributed by atoms with Gasteiger partial charge in [0.2, 0.25) is 5.95 Å². The molecule has 0 unspecified atom stereocenters. The Morgan fingerprint density at radius 3 is 2.39 bits per heavy atom. The van der Waals surface area contributed by atoms with Gasteiger partial charge in [0.1, 0.15) is 24.2 Å². The minimum Gasteiger partial charge on any atom is -0.494 e. The van der Waals surface area contributed by atoms with Crippen molar-refractivity contribution in [3.63, 3.8) is 0 Å². The number of fused-ring (bicyclic) bond motifs is 1. The second kappa shape index (κ2) is 15.3. The minimum absolute atomic E-state index is 0.412. The van der Waals surface area contributed by atoms with Crippen LogP contribution in [0.3, 0.4) is 0 Å². The Labute approximate surface area is 310 Å². The standard InChI is InChI=1S/C38H51BrN9O2P/c1-6-27-21-32(44-38-42-23-29(39)37(45-38)43-31-8-7-30-35(41-12-11-40-30)36(31)51(4,5)49)34(50-3)22-33(27)48-13-9-28(10-14-48)47-17-15-46(16-18-47)24-26-19-25(2)20-26/h7-8,11-12,21-23,25-26,28H,6,9-10,13-20,24H2,1-5H3,(H2,42,43,44,45). The molecule has 0 bridgehead atoms. The van der Waals surface area contributed by atoms with Gasteiger partial charge in [-0.3, -0.25) is 14.9 Å². The van der Waals surface area contributed by atoms with E-state index in [-0.39, 0.29) is 0 Å². The highest BCUT2D eigenvalue weighted by Crippen LogP contribution is 2.42. The van der Waals surface area contributed by atoms with E-state index < -0.39 is 7.14 Å². The van der Waals surface area contributed by atoms with Crippen LogP contribution >= 0.6 is 23.1 Å². The van der Waals surface area contributed by atoms with Gasteiger partial charge in [0.05, 0.1) is 33.8 Å². The van der Waals surface area contributed by atoms with Crippen molar-refractivity contribution in [3.05, 3.63) is 52.9 Å². The van der Waals surface area contributed by atoms with E-state index in [1.165, 1.54) is 69.7 Å². The van der Waals surface area contributed by atoms with Gasteiger partial charge in [0.25, 0.3) is 0 Å². The molecule has 0 radical (unpaired) electrons. The number of piperidine rings is 1. The zero-order valence-electron chi connectivity index (χ0n) is 30.5. The lowest BCUT2D eigenvalue weighted by molar-refractivity contribution is 0.0572. The number of rotatable bonds is 11. The molecule has 13 heteroatoms. The number of piperazine rings is 1. The smallest absolute Gasteiger partial charge is 0.229 e. The number of anilines is 5. The minimum atomic E-state index is -2.74. The number of nitrogens with zero attached hydrogens (tertiary/aromatic N) is 7. The van der Waals surface area contributed by atoms with Crippen molar-refractivity contribution in [2.45, 2.75) is 52.0 Å². The van der Waals surface area contributed by atoms with Gasteiger partial charge in [0, 0.05) is 82.2 Å². The highest BCUT2D eigenvalue weighted by Gasteiger charge is 2.32. The largest absolute Gasteiger partial charge is 0.494 e. The molecular weight excluding hydrogens is 725 g/mol. The fourth-order valence-corrected chi connectivity index (χ4v) is 9.94. The molecular formula is C38H51BrN9O2P. The number of methoxy groups -OCH3 is 1. The maximum atomic E-state index is 13.5. The first-order valence-electron chi connectivity index (χ1n) is 18.4. The maximum absolute atomic E-state index is 13.5. The van der Waals surface area contributed by atoms with Gasteiger partial charge in [-0.1, -0.05) is 13.8 Å². The van der Waals surface area contributed by atoms with Gasteiger partial charge < -0.3 is 29.7 Å². The summed E-state index contributed by atoms with van der Waals surface area (Å²) in [6.45, 7) is 16.3. The molecule has 7 rings (SSSR count). The number of benzene rings is 2. The predicted octanol–water partition coefficient (Wildman–Crippen LogP) is 7.12. The number of halogens is 1. The summed E-state index contributed by atoms with van der Waals surface area (Å²) in [5.74, 6) is 3.56. The van der Waals surface area contributed by atoms with E-state index in [4.69, 9.17) is 9.72 Å². The van der Waals surface area contributed by atoms with Gasteiger partial charge in [-0.05, 0) is 97.0 Å². The van der Waals surface area contributed by atoms with Crippen LogP contribution in [0.15, 0.2) is 47.3 Å². The highest BCUT2D eigenvalue weighted by molar-refractivity contribution is 9.10. The van der Waals surface area contributed by atoms with Crippen LogP contribution in [-0.4, -0.2) is 102 Å². The zero-order chi connectivity index (χ0) is 35.7. The van der Waals surface area contributed by atoms with E-state index >= 15 is 0 Å². The van der Waals surface area contributed by atoms with Gasteiger partial charge in [-0.15, -0.1) is 0 Å². The van der Waals surface area contributed by atoms with Crippen LogP contribution in [-0.2, 0) is 11.0 Å². The van der Waals surface area contributed by atoms with E-state index in [2.05, 4.69) is 82.2 Å². The fourth-order valence-electron chi connectivity index (χ4n) is 8.26. The summed E-state index contributed by atoms with van der Waals surface area (Å²) in [6, 6.07) is 8.76. The summed E-state index contributed by atoms with van der Waals surface area (Å²) in [4.78, 5) is 26.3. The SMILES string of the molecule is CCc1cc(Nc2ncc(Br)c(Nc3ccc4nccnc4c3P(C)(C)=O)n2)c(OC)cc1N1CCC(N2CCN(CC3CC(C)C3)CC2)CC1. The molecule has 2 saturated heterocycles. The number of hydrogen-bond donors (Lipinski definition) is 2. The highest BCUT2D eigenvalue weighted by atomic mass is 79.9. The van der Waals surface area contributed by atoms with Crippen LogP contribution in [0.25, 0.3) is 11.0 Å². The molecule has 0 atom stereocenters. The molecule has 51 heavy (non-hydrogen) atoms.